The molecule has 0 saturated carbocycles. The Hall–Kier alpha value is -1.88. The molecular formula is C19H27N3O2. The zero-order valence-corrected chi connectivity index (χ0v) is 14.2. The Morgan fingerprint density at radius 3 is 2.62 bits per heavy atom. The molecule has 2 amide bonds. The number of hydrogen-bond acceptors (Lipinski definition) is 3. The molecule has 0 bridgehead atoms. The summed E-state index contributed by atoms with van der Waals surface area (Å²) in [6.45, 7) is 3.26. The van der Waals surface area contributed by atoms with Gasteiger partial charge < -0.3 is 15.5 Å². The predicted molar refractivity (Wildman–Crippen MR) is 93.5 cm³/mol. The molecule has 5 nitrogen and oxygen atoms in total. The van der Waals surface area contributed by atoms with Crippen LogP contribution < -0.4 is 10.6 Å². The second-order valence-corrected chi connectivity index (χ2v) is 6.87. The van der Waals surface area contributed by atoms with Gasteiger partial charge in [0, 0.05) is 19.1 Å². The Bertz CT molecular complexity index is 555. The van der Waals surface area contributed by atoms with Crippen LogP contribution in [-0.2, 0) is 16.0 Å². The minimum absolute atomic E-state index is 0.0617. The van der Waals surface area contributed by atoms with E-state index >= 15 is 0 Å². The van der Waals surface area contributed by atoms with E-state index < -0.39 is 0 Å². The molecule has 1 unspecified atom stereocenters. The molecule has 2 aliphatic heterocycles. The standard InChI is InChI=1S/C19H27N3O2/c23-18(13-15-5-2-1-3-6-15)22-12-4-7-16(14-22)19(24)21-17-8-10-20-11-9-17/h1-3,5-6,16-17,20H,4,7-14H2,(H,21,24). The van der Waals surface area contributed by atoms with Crippen LogP contribution in [0.2, 0.25) is 0 Å². The van der Waals surface area contributed by atoms with Crippen LogP contribution in [0.4, 0.5) is 0 Å². The zero-order valence-electron chi connectivity index (χ0n) is 14.2. The number of amides is 2. The number of nitrogens with zero attached hydrogens (tertiary/aromatic N) is 1. The van der Waals surface area contributed by atoms with Crippen molar-refractivity contribution in [1.82, 2.24) is 15.5 Å². The highest BCUT2D eigenvalue weighted by Crippen LogP contribution is 2.18. The zero-order chi connectivity index (χ0) is 16.8. The Kier molecular flexibility index (Phi) is 5.86. The lowest BCUT2D eigenvalue weighted by Crippen LogP contribution is -2.49. The van der Waals surface area contributed by atoms with E-state index in [1.807, 2.05) is 35.2 Å². The van der Waals surface area contributed by atoms with Gasteiger partial charge in [0.15, 0.2) is 0 Å². The lowest BCUT2D eigenvalue weighted by molar-refractivity contribution is -0.135. The van der Waals surface area contributed by atoms with Gasteiger partial charge in [0.2, 0.25) is 11.8 Å². The van der Waals surface area contributed by atoms with Crippen molar-refractivity contribution in [2.45, 2.75) is 38.1 Å². The smallest absolute Gasteiger partial charge is 0.227 e. The normalized spacial score (nSPS) is 22.2. The van der Waals surface area contributed by atoms with Crippen LogP contribution in [0.1, 0.15) is 31.2 Å². The molecule has 0 aliphatic carbocycles. The summed E-state index contributed by atoms with van der Waals surface area (Å²) in [6, 6.07) is 10.1. The number of rotatable bonds is 4. The average molecular weight is 329 g/mol. The van der Waals surface area contributed by atoms with Gasteiger partial charge >= 0.3 is 0 Å². The largest absolute Gasteiger partial charge is 0.353 e. The van der Waals surface area contributed by atoms with E-state index in [2.05, 4.69) is 10.6 Å². The third-order valence-corrected chi connectivity index (χ3v) is 5.03. The summed E-state index contributed by atoms with van der Waals surface area (Å²) in [4.78, 5) is 26.9. The second kappa shape index (κ2) is 8.29. The van der Waals surface area contributed by atoms with Gasteiger partial charge in [-0.15, -0.1) is 0 Å². The minimum Gasteiger partial charge on any atom is -0.353 e. The van der Waals surface area contributed by atoms with Crippen molar-refractivity contribution in [3.63, 3.8) is 0 Å². The molecule has 24 heavy (non-hydrogen) atoms. The highest BCUT2D eigenvalue weighted by molar-refractivity contribution is 5.82. The summed E-state index contributed by atoms with van der Waals surface area (Å²) in [6.07, 6.45) is 4.20. The van der Waals surface area contributed by atoms with E-state index in [4.69, 9.17) is 0 Å². The first-order valence-corrected chi connectivity index (χ1v) is 9.05. The molecule has 1 aromatic carbocycles. The van der Waals surface area contributed by atoms with Gasteiger partial charge in [0.1, 0.15) is 0 Å². The molecule has 0 aromatic heterocycles. The SMILES string of the molecule is O=C(NC1CCNCC1)C1CCCN(C(=O)Cc2ccccc2)C1. The number of likely N-dealkylation sites (tertiary alicyclic amines) is 1. The maximum absolute atomic E-state index is 12.5. The van der Waals surface area contributed by atoms with Crippen molar-refractivity contribution in [2.24, 2.45) is 5.92 Å². The molecule has 2 aliphatic rings. The molecule has 0 radical (unpaired) electrons. The highest BCUT2D eigenvalue weighted by Gasteiger charge is 2.29. The van der Waals surface area contributed by atoms with Crippen molar-refractivity contribution in [2.75, 3.05) is 26.2 Å². The van der Waals surface area contributed by atoms with Crippen molar-refractivity contribution in [3.05, 3.63) is 35.9 Å². The van der Waals surface area contributed by atoms with Crippen LogP contribution in [0.25, 0.3) is 0 Å². The number of hydrogen-bond donors (Lipinski definition) is 2. The first kappa shape index (κ1) is 17.0. The summed E-state index contributed by atoms with van der Waals surface area (Å²) >= 11 is 0. The van der Waals surface area contributed by atoms with Crippen LogP contribution in [0.5, 0.6) is 0 Å². The fourth-order valence-electron chi connectivity index (χ4n) is 3.59. The molecule has 1 atom stereocenters. The van der Waals surface area contributed by atoms with Crippen LogP contribution in [0.3, 0.4) is 0 Å². The van der Waals surface area contributed by atoms with Gasteiger partial charge in [-0.1, -0.05) is 30.3 Å². The van der Waals surface area contributed by atoms with E-state index in [0.717, 1.165) is 50.9 Å². The molecule has 2 saturated heterocycles. The fraction of sp³-hybridized carbons (Fsp3) is 0.579. The van der Waals surface area contributed by atoms with Crippen molar-refractivity contribution in [1.29, 1.82) is 0 Å². The molecule has 3 rings (SSSR count). The number of carbonyl (C=O) groups is 2. The third-order valence-electron chi connectivity index (χ3n) is 5.03. The van der Waals surface area contributed by atoms with E-state index in [0.29, 0.717) is 13.0 Å². The highest BCUT2D eigenvalue weighted by atomic mass is 16.2. The predicted octanol–water partition coefficient (Wildman–Crippen LogP) is 1.34. The summed E-state index contributed by atoms with van der Waals surface area (Å²) in [5, 5.41) is 6.49. The van der Waals surface area contributed by atoms with Crippen LogP contribution in [0, 0.1) is 5.92 Å². The van der Waals surface area contributed by atoms with Gasteiger partial charge in [-0.25, -0.2) is 0 Å². The van der Waals surface area contributed by atoms with Crippen molar-refractivity contribution >= 4 is 11.8 Å². The maximum atomic E-state index is 12.5. The summed E-state index contributed by atoms with van der Waals surface area (Å²) in [5.74, 6) is 0.188. The lowest BCUT2D eigenvalue weighted by Gasteiger charge is -2.33. The van der Waals surface area contributed by atoms with Crippen LogP contribution in [0.15, 0.2) is 30.3 Å². The Morgan fingerprint density at radius 2 is 1.88 bits per heavy atom. The lowest BCUT2D eigenvalue weighted by atomic mass is 9.95. The third kappa shape index (κ3) is 4.57. The molecule has 2 heterocycles. The molecule has 0 spiro atoms. The molecule has 5 heteroatoms. The fourth-order valence-corrected chi connectivity index (χ4v) is 3.59. The Morgan fingerprint density at radius 1 is 1.12 bits per heavy atom. The number of carbonyl (C=O) groups excluding carboxylic acids is 2. The quantitative estimate of drug-likeness (QED) is 0.876. The number of benzene rings is 1. The van der Waals surface area contributed by atoms with E-state index in [-0.39, 0.29) is 23.8 Å². The minimum atomic E-state index is -0.0617. The molecular weight excluding hydrogens is 302 g/mol. The van der Waals surface area contributed by atoms with Crippen molar-refractivity contribution in [3.8, 4) is 0 Å². The van der Waals surface area contributed by atoms with Gasteiger partial charge in [0.25, 0.3) is 0 Å². The first-order chi connectivity index (χ1) is 11.7. The summed E-state index contributed by atoms with van der Waals surface area (Å²) in [5.41, 5.74) is 1.03. The molecule has 2 N–H and O–H groups in total. The van der Waals surface area contributed by atoms with Gasteiger partial charge in [-0.3, -0.25) is 9.59 Å². The van der Waals surface area contributed by atoms with E-state index in [1.165, 1.54) is 0 Å². The van der Waals surface area contributed by atoms with E-state index in [9.17, 15) is 9.59 Å². The first-order valence-electron chi connectivity index (χ1n) is 9.05. The van der Waals surface area contributed by atoms with E-state index in [1.54, 1.807) is 0 Å². The second-order valence-electron chi connectivity index (χ2n) is 6.87. The van der Waals surface area contributed by atoms with Crippen LogP contribution in [-0.4, -0.2) is 48.9 Å². The van der Waals surface area contributed by atoms with Gasteiger partial charge in [-0.2, -0.15) is 0 Å². The van der Waals surface area contributed by atoms with Gasteiger partial charge in [0.05, 0.1) is 12.3 Å². The average Bonchev–Trinajstić information content (AvgIpc) is 2.63. The van der Waals surface area contributed by atoms with Crippen LogP contribution >= 0.6 is 0 Å². The summed E-state index contributed by atoms with van der Waals surface area (Å²) < 4.78 is 0. The molecule has 2 fully saturated rings. The monoisotopic (exact) mass is 329 g/mol. The Labute approximate surface area is 143 Å². The summed E-state index contributed by atoms with van der Waals surface area (Å²) in [7, 11) is 0. The molecule has 130 valence electrons. The van der Waals surface area contributed by atoms with Gasteiger partial charge in [-0.05, 0) is 44.3 Å². The van der Waals surface area contributed by atoms with Crippen molar-refractivity contribution < 1.29 is 9.59 Å². The number of piperidine rings is 2. The number of nitrogens with one attached hydrogen (secondary N) is 2. The Balaban J connectivity index is 1.51. The topological polar surface area (TPSA) is 61.4 Å². The maximum Gasteiger partial charge on any atom is 0.227 e. The molecule has 1 aromatic rings.